The van der Waals surface area contributed by atoms with E-state index in [9.17, 15) is 14.0 Å². The van der Waals surface area contributed by atoms with E-state index in [1.807, 2.05) is 41.0 Å². The van der Waals surface area contributed by atoms with Crippen LogP contribution < -0.4 is 9.80 Å². The fourth-order valence-electron chi connectivity index (χ4n) is 4.23. The van der Waals surface area contributed by atoms with Gasteiger partial charge in [-0.25, -0.2) is 19.3 Å². The van der Waals surface area contributed by atoms with E-state index in [1.165, 1.54) is 18.2 Å². The molecule has 0 spiro atoms. The van der Waals surface area contributed by atoms with E-state index in [0.29, 0.717) is 49.0 Å². The number of piperazine rings is 1. The van der Waals surface area contributed by atoms with Crippen molar-refractivity contribution in [3.05, 3.63) is 89.6 Å². The van der Waals surface area contributed by atoms with Crippen molar-refractivity contribution in [2.75, 3.05) is 36.0 Å². The molecule has 0 unspecified atom stereocenters. The van der Waals surface area contributed by atoms with Gasteiger partial charge >= 0.3 is 0 Å². The van der Waals surface area contributed by atoms with Gasteiger partial charge < -0.3 is 9.80 Å². The molecule has 2 amide bonds. The van der Waals surface area contributed by atoms with Gasteiger partial charge in [0.1, 0.15) is 11.5 Å². The molecular formula is C25H22FN5O2. The first-order chi connectivity index (χ1) is 16.0. The number of nitrogens with zero attached hydrogens (tertiary/aromatic N) is 5. The van der Waals surface area contributed by atoms with E-state index >= 15 is 0 Å². The van der Waals surface area contributed by atoms with Gasteiger partial charge in [0.2, 0.25) is 5.95 Å². The maximum absolute atomic E-state index is 13.9. The molecule has 0 radical (unpaired) electrons. The monoisotopic (exact) mass is 443 g/mol. The zero-order valence-electron chi connectivity index (χ0n) is 18.1. The molecule has 1 aromatic heterocycles. The molecule has 1 saturated heterocycles. The van der Waals surface area contributed by atoms with Crippen LogP contribution in [0.4, 0.5) is 16.0 Å². The molecule has 0 bridgehead atoms. The molecule has 0 atom stereocenters. The number of rotatable bonds is 4. The van der Waals surface area contributed by atoms with Crippen LogP contribution >= 0.6 is 0 Å². The van der Waals surface area contributed by atoms with Crippen LogP contribution in [0.1, 0.15) is 11.1 Å². The van der Waals surface area contributed by atoms with Crippen molar-refractivity contribution in [3.8, 4) is 0 Å². The highest BCUT2D eigenvalue weighted by atomic mass is 19.1. The highest BCUT2D eigenvalue weighted by Gasteiger charge is 2.43. The van der Waals surface area contributed by atoms with Crippen LogP contribution in [-0.2, 0) is 9.59 Å². The molecule has 2 aliphatic rings. The van der Waals surface area contributed by atoms with Gasteiger partial charge in [0.15, 0.2) is 0 Å². The Balaban J connectivity index is 1.51. The summed E-state index contributed by atoms with van der Waals surface area (Å²) in [6, 6.07) is 14.8. The lowest BCUT2D eigenvalue weighted by atomic mass is 10.0. The van der Waals surface area contributed by atoms with Gasteiger partial charge in [-0.1, -0.05) is 35.9 Å². The Bertz CT molecular complexity index is 1240. The van der Waals surface area contributed by atoms with Crippen LogP contribution in [0.15, 0.2) is 72.7 Å². The summed E-state index contributed by atoms with van der Waals surface area (Å²) in [6.07, 6.45) is 3.39. The smallest absolute Gasteiger partial charge is 0.282 e. The van der Waals surface area contributed by atoms with Crippen molar-refractivity contribution >= 4 is 29.0 Å². The van der Waals surface area contributed by atoms with Gasteiger partial charge in [0.05, 0.1) is 11.3 Å². The number of benzene rings is 2. The van der Waals surface area contributed by atoms with Crippen LogP contribution in [0.5, 0.6) is 0 Å². The Morgan fingerprint density at radius 3 is 2.15 bits per heavy atom. The molecule has 5 rings (SSSR count). The molecule has 33 heavy (non-hydrogen) atoms. The second kappa shape index (κ2) is 8.46. The van der Waals surface area contributed by atoms with Gasteiger partial charge in [-0.15, -0.1) is 0 Å². The second-order valence-corrected chi connectivity index (χ2v) is 8.04. The highest BCUT2D eigenvalue weighted by Crippen LogP contribution is 2.35. The first-order valence-corrected chi connectivity index (χ1v) is 10.8. The average Bonchev–Trinajstić information content (AvgIpc) is 3.10. The van der Waals surface area contributed by atoms with Crippen LogP contribution in [-0.4, -0.2) is 52.9 Å². The number of carbonyl (C=O) groups is 2. The van der Waals surface area contributed by atoms with Crippen molar-refractivity contribution in [3.63, 3.8) is 0 Å². The fourth-order valence-corrected chi connectivity index (χ4v) is 4.23. The zero-order valence-corrected chi connectivity index (χ0v) is 18.1. The largest absolute Gasteiger partial charge is 0.363 e. The van der Waals surface area contributed by atoms with Gasteiger partial charge in [0.25, 0.3) is 11.8 Å². The number of amides is 2. The Morgan fingerprint density at radius 1 is 0.818 bits per heavy atom. The summed E-state index contributed by atoms with van der Waals surface area (Å²) in [5, 5.41) is 0. The van der Waals surface area contributed by atoms with Crippen LogP contribution in [0, 0.1) is 12.7 Å². The number of hydrogen-bond acceptors (Lipinski definition) is 6. The highest BCUT2D eigenvalue weighted by molar-refractivity contribution is 6.45. The molecule has 8 heteroatoms. The second-order valence-electron chi connectivity index (χ2n) is 8.04. The van der Waals surface area contributed by atoms with Gasteiger partial charge in [-0.3, -0.25) is 9.59 Å². The first kappa shape index (κ1) is 20.8. The van der Waals surface area contributed by atoms with Crippen LogP contribution in [0.3, 0.4) is 0 Å². The topological polar surface area (TPSA) is 69.6 Å². The van der Waals surface area contributed by atoms with E-state index in [1.54, 1.807) is 24.5 Å². The normalized spacial score (nSPS) is 16.7. The maximum Gasteiger partial charge on any atom is 0.282 e. The molecule has 2 aliphatic heterocycles. The number of aryl methyl sites for hydroxylation is 1. The Labute approximate surface area is 190 Å². The molecule has 7 nitrogen and oxygen atoms in total. The lowest BCUT2D eigenvalue weighted by molar-refractivity contribution is -0.120. The fraction of sp³-hybridized carbons (Fsp3) is 0.200. The third-order valence-corrected chi connectivity index (χ3v) is 5.90. The number of imide groups is 1. The summed E-state index contributed by atoms with van der Waals surface area (Å²) >= 11 is 0. The molecule has 1 fully saturated rings. The first-order valence-electron chi connectivity index (χ1n) is 10.8. The van der Waals surface area contributed by atoms with Crippen molar-refractivity contribution in [1.29, 1.82) is 0 Å². The van der Waals surface area contributed by atoms with Crippen LogP contribution in [0.25, 0.3) is 5.57 Å². The summed E-state index contributed by atoms with van der Waals surface area (Å²) in [5.74, 6) is -0.751. The lowest BCUT2D eigenvalue weighted by Crippen LogP contribution is -2.48. The summed E-state index contributed by atoms with van der Waals surface area (Å²) in [5.41, 5.74) is 2.63. The lowest BCUT2D eigenvalue weighted by Gasteiger charge is -2.36. The van der Waals surface area contributed by atoms with Crippen molar-refractivity contribution in [2.45, 2.75) is 6.92 Å². The van der Waals surface area contributed by atoms with E-state index in [0.717, 1.165) is 10.5 Å². The molecule has 2 aromatic carbocycles. The molecule has 3 heterocycles. The SMILES string of the molecule is Cc1ccc(C2=C(N3CCN(c4ncccn4)CC3)C(=O)N(c3cccc(F)c3)C2=O)cc1. The van der Waals surface area contributed by atoms with Crippen LogP contribution in [0.2, 0.25) is 0 Å². The quantitative estimate of drug-likeness (QED) is 0.578. The number of aromatic nitrogens is 2. The molecular weight excluding hydrogens is 421 g/mol. The van der Waals surface area contributed by atoms with Crippen molar-refractivity contribution in [1.82, 2.24) is 14.9 Å². The molecule has 3 aromatic rings. The van der Waals surface area contributed by atoms with E-state index in [2.05, 4.69) is 9.97 Å². The third kappa shape index (κ3) is 3.84. The van der Waals surface area contributed by atoms with E-state index in [4.69, 9.17) is 0 Å². The van der Waals surface area contributed by atoms with Gasteiger partial charge in [-0.2, -0.15) is 0 Å². The predicted molar refractivity (Wildman–Crippen MR) is 123 cm³/mol. The Morgan fingerprint density at radius 2 is 1.48 bits per heavy atom. The standard InChI is InChI=1S/C25H22FN5O2/c1-17-6-8-18(9-7-17)21-22(24(33)31(23(21)32)20-5-2-4-19(26)16-20)29-12-14-30(15-13-29)25-27-10-3-11-28-25/h2-11,16H,12-15H2,1H3. The van der Waals surface area contributed by atoms with E-state index in [-0.39, 0.29) is 5.69 Å². The van der Waals surface area contributed by atoms with E-state index < -0.39 is 17.6 Å². The summed E-state index contributed by atoms with van der Waals surface area (Å²) < 4.78 is 13.9. The summed E-state index contributed by atoms with van der Waals surface area (Å²) in [7, 11) is 0. The number of anilines is 2. The van der Waals surface area contributed by atoms with Crippen molar-refractivity contribution in [2.24, 2.45) is 0 Å². The van der Waals surface area contributed by atoms with Gasteiger partial charge in [0, 0.05) is 38.6 Å². The minimum atomic E-state index is -0.505. The molecule has 0 N–H and O–H groups in total. The average molecular weight is 443 g/mol. The zero-order chi connectivity index (χ0) is 22.9. The summed E-state index contributed by atoms with van der Waals surface area (Å²) in [6.45, 7) is 4.23. The molecule has 0 saturated carbocycles. The van der Waals surface area contributed by atoms with Gasteiger partial charge in [-0.05, 0) is 36.8 Å². The van der Waals surface area contributed by atoms with Crippen molar-refractivity contribution < 1.29 is 14.0 Å². The predicted octanol–water partition coefficient (Wildman–Crippen LogP) is 3.03. The number of carbonyl (C=O) groups excluding carboxylic acids is 2. The number of halogens is 1. The molecule has 0 aliphatic carbocycles. The maximum atomic E-state index is 13.9. The minimum absolute atomic E-state index is 0.223. The minimum Gasteiger partial charge on any atom is -0.363 e. The summed E-state index contributed by atoms with van der Waals surface area (Å²) in [4.78, 5) is 40.8. The Hall–Kier alpha value is -4.07. The number of hydrogen-bond donors (Lipinski definition) is 0. The Kier molecular flexibility index (Phi) is 5.34. The third-order valence-electron chi connectivity index (χ3n) is 5.90. The molecule has 166 valence electrons.